The van der Waals surface area contributed by atoms with Crippen molar-refractivity contribution in [3.8, 4) is 0 Å². The van der Waals surface area contributed by atoms with Crippen LogP contribution in [0.4, 0.5) is 0 Å². The molecule has 1 aliphatic heterocycles. The SMILES string of the molecule is O=C1NN(C23CC4CC(CC(C4)C2)C3)N(C23CC4CC(CC(C4)C2)C3)C1[N+](=O)[O-]. The third-order valence-electron chi connectivity index (χ3n) is 10.0. The van der Waals surface area contributed by atoms with Gasteiger partial charge in [-0.25, -0.2) is 0 Å². The number of carbonyl (C=O) groups excluding carboxylic acids is 1. The van der Waals surface area contributed by atoms with Crippen molar-refractivity contribution in [2.75, 3.05) is 0 Å². The van der Waals surface area contributed by atoms with Crippen LogP contribution in [0, 0.1) is 45.6 Å². The number of carbonyl (C=O) groups is 1. The first kappa shape index (κ1) is 17.5. The largest absolute Gasteiger partial charge is 0.361 e. The van der Waals surface area contributed by atoms with Gasteiger partial charge in [0.1, 0.15) is 0 Å². The van der Waals surface area contributed by atoms with E-state index < -0.39 is 12.1 Å². The van der Waals surface area contributed by atoms with Crippen molar-refractivity contribution in [3.05, 3.63) is 10.1 Å². The standard InChI is InChI=1S/C22H32N4O3/c27-19-20(25(28)29)24(21-7-13-1-14(8-21)3-15(2-13)9-21)26(23-19)22-10-16-4-17(11-22)6-18(5-16)12-22/h13-18,20H,1-12H2,(H,23,27). The minimum Gasteiger partial charge on any atom is -0.267 e. The van der Waals surface area contributed by atoms with E-state index in [1.165, 1.54) is 38.5 Å². The second kappa shape index (κ2) is 5.52. The van der Waals surface area contributed by atoms with Crippen LogP contribution in [0.25, 0.3) is 0 Å². The summed E-state index contributed by atoms with van der Waals surface area (Å²) in [6, 6.07) is 0. The Morgan fingerprint density at radius 2 is 1.14 bits per heavy atom. The van der Waals surface area contributed by atoms with Gasteiger partial charge >= 0.3 is 12.1 Å². The zero-order valence-corrected chi connectivity index (χ0v) is 17.1. The van der Waals surface area contributed by atoms with E-state index in [1.807, 2.05) is 5.01 Å². The molecule has 7 heteroatoms. The maximum Gasteiger partial charge on any atom is 0.361 e. The lowest BCUT2D eigenvalue weighted by molar-refractivity contribution is -0.551. The first-order valence-electron chi connectivity index (χ1n) is 12.0. The molecule has 1 N–H and O–H groups in total. The third-order valence-corrected chi connectivity index (χ3v) is 10.0. The summed E-state index contributed by atoms with van der Waals surface area (Å²) in [5, 5.41) is 16.3. The number of hydrogen-bond donors (Lipinski definition) is 1. The minimum atomic E-state index is -1.24. The van der Waals surface area contributed by atoms with Gasteiger partial charge in [-0.1, -0.05) is 0 Å². The predicted molar refractivity (Wildman–Crippen MR) is 104 cm³/mol. The number of nitro groups is 1. The summed E-state index contributed by atoms with van der Waals surface area (Å²) in [6.45, 7) is 0. The van der Waals surface area contributed by atoms with Gasteiger partial charge in [0.15, 0.2) is 0 Å². The summed E-state index contributed by atoms with van der Waals surface area (Å²) in [5.74, 6) is 3.91. The van der Waals surface area contributed by atoms with Gasteiger partial charge < -0.3 is 0 Å². The normalized spacial score (nSPS) is 55.6. The Morgan fingerprint density at radius 1 is 0.759 bits per heavy atom. The highest BCUT2D eigenvalue weighted by atomic mass is 16.6. The topological polar surface area (TPSA) is 78.7 Å². The molecule has 9 aliphatic rings. The molecule has 9 fully saturated rings. The molecule has 0 radical (unpaired) electrons. The fourth-order valence-corrected chi connectivity index (χ4v) is 10.1. The van der Waals surface area contributed by atoms with Crippen molar-refractivity contribution in [3.63, 3.8) is 0 Å². The molecule has 8 aliphatic carbocycles. The molecule has 1 atom stereocenters. The molecule has 1 unspecified atom stereocenters. The van der Waals surface area contributed by atoms with E-state index in [0.717, 1.165) is 56.3 Å². The molecule has 0 aromatic carbocycles. The van der Waals surface area contributed by atoms with Gasteiger partial charge in [0, 0.05) is 5.54 Å². The van der Waals surface area contributed by atoms with Gasteiger partial charge in [-0.3, -0.25) is 20.3 Å². The molecule has 158 valence electrons. The van der Waals surface area contributed by atoms with E-state index in [0.29, 0.717) is 17.8 Å². The molecule has 8 bridgehead atoms. The average Bonchev–Trinajstić information content (AvgIpc) is 2.99. The van der Waals surface area contributed by atoms with Crippen LogP contribution in [0.5, 0.6) is 0 Å². The number of hydrogen-bond acceptors (Lipinski definition) is 5. The van der Waals surface area contributed by atoms with Crippen LogP contribution in [0.1, 0.15) is 77.0 Å². The van der Waals surface area contributed by atoms with E-state index in [-0.39, 0.29) is 16.0 Å². The number of nitrogens with zero attached hydrogens (tertiary/aromatic N) is 3. The monoisotopic (exact) mass is 400 g/mol. The van der Waals surface area contributed by atoms with Gasteiger partial charge in [-0.05, 0) is 113 Å². The van der Waals surface area contributed by atoms with Crippen molar-refractivity contribution in [1.29, 1.82) is 0 Å². The number of hydrazine groups is 2. The molecule has 8 saturated carbocycles. The molecule has 1 heterocycles. The minimum absolute atomic E-state index is 0.0848. The summed E-state index contributed by atoms with van der Waals surface area (Å²) >= 11 is 0. The van der Waals surface area contributed by atoms with Crippen LogP contribution in [0.2, 0.25) is 0 Å². The molecule has 0 spiro atoms. The smallest absolute Gasteiger partial charge is 0.267 e. The van der Waals surface area contributed by atoms with Gasteiger partial charge in [-0.2, -0.15) is 0 Å². The zero-order valence-electron chi connectivity index (χ0n) is 17.1. The molecule has 29 heavy (non-hydrogen) atoms. The van der Waals surface area contributed by atoms with Crippen molar-refractivity contribution >= 4 is 5.91 Å². The molecule has 7 nitrogen and oxygen atoms in total. The lowest BCUT2D eigenvalue weighted by Gasteiger charge is -2.64. The summed E-state index contributed by atoms with van der Waals surface area (Å²) < 4.78 is 0. The maximum absolute atomic E-state index is 13.0. The van der Waals surface area contributed by atoms with E-state index in [2.05, 4.69) is 10.5 Å². The maximum atomic E-state index is 13.0. The summed E-state index contributed by atoms with van der Waals surface area (Å²) in [4.78, 5) is 24.8. The van der Waals surface area contributed by atoms with Crippen molar-refractivity contribution in [1.82, 2.24) is 15.6 Å². The Balaban J connectivity index is 1.32. The number of amides is 1. The molecule has 0 aromatic heterocycles. The van der Waals surface area contributed by atoms with Crippen LogP contribution >= 0.6 is 0 Å². The molecule has 9 rings (SSSR count). The quantitative estimate of drug-likeness (QED) is 0.582. The zero-order chi connectivity index (χ0) is 19.5. The van der Waals surface area contributed by atoms with Crippen LogP contribution in [-0.4, -0.2) is 38.2 Å². The summed E-state index contributed by atoms with van der Waals surface area (Å²) in [6.07, 6.45) is 13.1. The predicted octanol–water partition coefficient (Wildman–Crippen LogP) is 3.09. The van der Waals surface area contributed by atoms with Crippen LogP contribution in [-0.2, 0) is 4.79 Å². The van der Waals surface area contributed by atoms with Crippen molar-refractivity contribution < 1.29 is 9.72 Å². The number of nitrogens with one attached hydrogen (secondary N) is 1. The molecule has 1 saturated heterocycles. The second-order valence-corrected chi connectivity index (χ2v) is 12.1. The molecular weight excluding hydrogens is 368 g/mol. The molecule has 1 amide bonds. The van der Waals surface area contributed by atoms with Gasteiger partial charge in [0.2, 0.25) is 0 Å². The molecular formula is C22H32N4O3. The van der Waals surface area contributed by atoms with Crippen LogP contribution < -0.4 is 5.43 Å². The first-order chi connectivity index (χ1) is 13.9. The van der Waals surface area contributed by atoms with E-state index in [1.54, 1.807) is 0 Å². The average molecular weight is 401 g/mol. The van der Waals surface area contributed by atoms with E-state index in [9.17, 15) is 14.9 Å². The molecule has 0 aromatic rings. The van der Waals surface area contributed by atoms with Crippen LogP contribution in [0.15, 0.2) is 0 Å². The summed E-state index contributed by atoms with van der Waals surface area (Å²) in [5.41, 5.74) is 2.83. The van der Waals surface area contributed by atoms with E-state index >= 15 is 0 Å². The Bertz CT molecular complexity index is 711. The van der Waals surface area contributed by atoms with Crippen molar-refractivity contribution in [2.45, 2.75) is 94.3 Å². The van der Waals surface area contributed by atoms with E-state index in [4.69, 9.17) is 0 Å². The van der Waals surface area contributed by atoms with Crippen LogP contribution in [0.3, 0.4) is 0 Å². The fourth-order valence-electron chi connectivity index (χ4n) is 10.1. The summed E-state index contributed by atoms with van der Waals surface area (Å²) in [7, 11) is 0. The first-order valence-corrected chi connectivity index (χ1v) is 12.0. The third kappa shape index (κ3) is 2.29. The Morgan fingerprint density at radius 3 is 1.52 bits per heavy atom. The lowest BCUT2D eigenvalue weighted by Crippen LogP contribution is -2.72. The number of rotatable bonds is 3. The Labute approximate surface area is 171 Å². The highest BCUT2D eigenvalue weighted by Crippen LogP contribution is 2.62. The highest BCUT2D eigenvalue weighted by Gasteiger charge is 2.67. The Kier molecular flexibility index (Phi) is 3.33. The van der Waals surface area contributed by atoms with Gasteiger partial charge in [-0.15, -0.1) is 10.1 Å². The fraction of sp³-hybridized carbons (Fsp3) is 0.955. The second-order valence-electron chi connectivity index (χ2n) is 12.1. The van der Waals surface area contributed by atoms with Gasteiger partial charge in [0.05, 0.1) is 10.5 Å². The highest BCUT2D eigenvalue weighted by molar-refractivity contribution is 5.81. The Hall–Kier alpha value is -1.21. The van der Waals surface area contributed by atoms with Gasteiger partial charge in [0.25, 0.3) is 0 Å². The lowest BCUT2D eigenvalue weighted by atomic mass is 9.52. The van der Waals surface area contributed by atoms with Crippen molar-refractivity contribution in [2.24, 2.45) is 35.5 Å².